The highest BCUT2D eigenvalue weighted by Gasteiger charge is 2.28. The van der Waals surface area contributed by atoms with Crippen LogP contribution in [0.25, 0.3) is 0 Å². The Bertz CT molecular complexity index is 621. The summed E-state index contributed by atoms with van der Waals surface area (Å²) in [4.78, 5) is 17.7. The first-order chi connectivity index (χ1) is 11.2. The summed E-state index contributed by atoms with van der Waals surface area (Å²) >= 11 is 3.25. The number of hydrogen-bond acceptors (Lipinski definition) is 6. The normalized spacial score (nSPS) is 16.6. The van der Waals surface area contributed by atoms with Gasteiger partial charge in [0.05, 0.1) is 17.5 Å². The zero-order valence-corrected chi connectivity index (χ0v) is 14.8. The summed E-state index contributed by atoms with van der Waals surface area (Å²) in [6, 6.07) is 4.35. The predicted octanol–water partition coefficient (Wildman–Crippen LogP) is 3.72. The minimum atomic E-state index is 0.0838. The number of thiophene rings is 1. The highest BCUT2D eigenvalue weighted by Crippen LogP contribution is 2.37. The number of amides is 1. The first-order valence-electron chi connectivity index (χ1n) is 7.92. The predicted molar refractivity (Wildman–Crippen MR) is 92.4 cm³/mol. The Labute approximate surface area is 144 Å². The SMILES string of the molecule is Cc1nc(CSCC(=O)NC(c2cccs2)C2CCCC2)no1. The summed E-state index contributed by atoms with van der Waals surface area (Å²) in [6.45, 7) is 1.76. The van der Waals surface area contributed by atoms with E-state index in [0.29, 0.717) is 29.1 Å². The molecular formula is C16H21N3O2S2. The molecule has 124 valence electrons. The van der Waals surface area contributed by atoms with Gasteiger partial charge in [0.25, 0.3) is 0 Å². The van der Waals surface area contributed by atoms with Crippen molar-refractivity contribution in [2.45, 2.75) is 44.4 Å². The molecule has 1 saturated carbocycles. The Balaban J connectivity index is 1.51. The molecule has 0 radical (unpaired) electrons. The van der Waals surface area contributed by atoms with E-state index in [1.807, 2.05) is 0 Å². The molecule has 1 amide bonds. The quantitative estimate of drug-likeness (QED) is 0.823. The fourth-order valence-electron chi connectivity index (χ4n) is 3.03. The van der Waals surface area contributed by atoms with E-state index in [9.17, 15) is 4.79 Å². The number of carbonyl (C=O) groups excluding carboxylic acids is 1. The van der Waals surface area contributed by atoms with Crippen molar-refractivity contribution in [3.8, 4) is 0 Å². The summed E-state index contributed by atoms with van der Waals surface area (Å²) in [5, 5.41) is 9.16. The zero-order chi connectivity index (χ0) is 16.1. The van der Waals surface area contributed by atoms with Gasteiger partial charge in [-0.15, -0.1) is 23.1 Å². The molecular weight excluding hydrogens is 330 g/mol. The Hall–Kier alpha value is -1.34. The van der Waals surface area contributed by atoms with Crippen LogP contribution in [0.15, 0.2) is 22.0 Å². The number of carbonyl (C=O) groups is 1. The topological polar surface area (TPSA) is 68.0 Å². The number of aromatic nitrogens is 2. The monoisotopic (exact) mass is 351 g/mol. The first kappa shape index (κ1) is 16.5. The summed E-state index contributed by atoms with van der Waals surface area (Å²) in [5.74, 6) is 2.87. The Morgan fingerprint density at radius 2 is 2.35 bits per heavy atom. The largest absolute Gasteiger partial charge is 0.347 e. The Kier molecular flexibility index (Phi) is 5.72. The van der Waals surface area contributed by atoms with Crippen molar-refractivity contribution in [1.29, 1.82) is 0 Å². The van der Waals surface area contributed by atoms with Crippen LogP contribution in [0.4, 0.5) is 0 Å². The van der Waals surface area contributed by atoms with Crippen molar-refractivity contribution in [3.63, 3.8) is 0 Å². The van der Waals surface area contributed by atoms with Gasteiger partial charge in [-0.3, -0.25) is 4.79 Å². The Morgan fingerprint density at radius 1 is 1.52 bits per heavy atom. The number of hydrogen-bond donors (Lipinski definition) is 1. The maximum atomic E-state index is 12.3. The van der Waals surface area contributed by atoms with Gasteiger partial charge in [-0.25, -0.2) is 0 Å². The molecule has 7 heteroatoms. The lowest BCUT2D eigenvalue weighted by Gasteiger charge is -2.23. The molecule has 23 heavy (non-hydrogen) atoms. The average Bonchev–Trinajstić information content (AvgIpc) is 3.28. The van der Waals surface area contributed by atoms with Gasteiger partial charge in [-0.1, -0.05) is 24.1 Å². The van der Waals surface area contributed by atoms with Gasteiger partial charge in [-0.05, 0) is 30.2 Å². The van der Waals surface area contributed by atoms with E-state index >= 15 is 0 Å². The highest BCUT2D eigenvalue weighted by atomic mass is 32.2. The van der Waals surface area contributed by atoms with Crippen molar-refractivity contribution in [3.05, 3.63) is 34.1 Å². The third-order valence-electron chi connectivity index (χ3n) is 4.07. The van der Waals surface area contributed by atoms with Crippen molar-refractivity contribution in [1.82, 2.24) is 15.5 Å². The van der Waals surface area contributed by atoms with Crippen LogP contribution in [0, 0.1) is 12.8 Å². The summed E-state index contributed by atoms with van der Waals surface area (Å²) in [6.07, 6.45) is 4.96. The number of aryl methyl sites for hydroxylation is 1. The molecule has 3 rings (SSSR count). The van der Waals surface area contributed by atoms with Gasteiger partial charge in [0.15, 0.2) is 5.82 Å². The molecule has 0 spiro atoms. The summed E-state index contributed by atoms with van der Waals surface area (Å²) in [7, 11) is 0. The minimum absolute atomic E-state index is 0.0838. The van der Waals surface area contributed by atoms with Gasteiger partial charge in [-0.2, -0.15) is 4.98 Å². The molecule has 2 aromatic rings. The van der Waals surface area contributed by atoms with Crippen molar-refractivity contribution in [2.75, 3.05) is 5.75 Å². The molecule has 2 heterocycles. The van der Waals surface area contributed by atoms with Crippen LogP contribution in [0.3, 0.4) is 0 Å². The number of nitrogens with one attached hydrogen (secondary N) is 1. The molecule has 1 N–H and O–H groups in total. The number of rotatable bonds is 7. The molecule has 1 unspecified atom stereocenters. The van der Waals surface area contributed by atoms with E-state index in [1.54, 1.807) is 18.3 Å². The molecule has 0 aromatic carbocycles. The van der Waals surface area contributed by atoms with E-state index in [4.69, 9.17) is 4.52 Å². The van der Waals surface area contributed by atoms with Crippen LogP contribution < -0.4 is 5.32 Å². The third-order valence-corrected chi connectivity index (χ3v) is 5.96. The van der Waals surface area contributed by atoms with Gasteiger partial charge in [0.1, 0.15) is 0 Å². The highest BCUT2D eigenvalue weighted by molar-refractivity contribution is 7.99. The van der Waals surface area contributed by atoms with Gasteiger partial charge >= 0.3 is 0 Å². The first-order valence-corrected chi connectivity index (χ1v) is 9.95. The Morgan fingerprint density at radius 3 is 3.00 bits per heavy atom. The summed E-state index contributed by atoms with van der Waals surface area (Å²) in [5.41, 5.74) is 0. The second-order valence-corrected chi connectivity index (χ2v) is 7.79. The average molecular weight is 351 g/mol. The van der Waals surface area contributed by atoms with E-state index in [-0.39, 0.29) is 11.9 Å². The van der Waals surface area contributed by atoms with Crippen LogP contribution in [0.2, 0.25) is 0 Å². The van der Waals surface area contributed by atoms with Crippen LogP contribution in [0.1, 0.15) is 48.3 Å². The standard InChI is InChI=1S/C16H21N3O2S2/c1-11-17-14(19-21-11)9-22-10-15(20)18-16(12-5-2-3-6-12)13-7-4-8-23-13/h4,7-8,12,16H,2-3,5-6,9-10H2,1H3,(H,18,20). The lowest BCUT2D eigenvalue weighted by Crippen LogP contribution is -2.33. The van der Waals surface area contributed by atoms with E-state index < -0.39 is 0 Å². The maximum absolute atomic E-state index is 12.3. The molecule has 1 aliphatic rings. The lowest BCUT2D eigenvalue weighted by atomic mass is 9.97. The maximum Gasteiger partial charge on any atom is 0.230 e. The summed E-state index contributed by atoms with van der Waals surface area (Å²) < 4.78 is 4.93. The van der Waals surface area contributed by atoms with Crippen LogP contribution >= 0.6 is 23.1 Å². The molecule has 2 aromatic heterocycles. The molecule has 5 nitrogen and oxygen atoms in total. The molecule has 0 aliphatic heterocycles. The van der Waals surface area contributed by atoms with Gasteiger partial charge < -0.3 is 9.84 Å². The van der Waals surface area contributed by atoms with Gasteiger partial charge in [0, 0.05) is 11.8 Å². The number of nitrogens with zero attached hydrogens (tertiary/aromatic N) is 2. The van der Waals surface area contributed by atoms with E-state index in [2.05, 4.69) is 33.0 Å². The smallest absolute Gasteiger partial charge is 0.230 e. The van der Waals surface area contributed by atoms with Crippen LogP contribution in [0.5, 0.6) is 0 Å². The van der Waals surface area contributed by atoms with Crippen molar-refractivity contribution < 1.29 is 9.32 Å². The van der Waals surface area contributed by atoms with E-state index in [0.717, 1.165) is 0 Å². The molecule has 1 fully saturated rings. The zero-order valence-electron chi connectivity index (χ0n) is 13.2. The molecule has 0 saturated heterocycles. The van der Waals surface area contributed by atoms with Crippen molar-refractivity contribution >= 4 is 29.0 Å². The fraction of sp³-hybridized carbons (Fsp3) is 0.562. The van der Waals surface area contributed by atoms with Crippen LogP contribution in [-0.2, 0) is 10.5 Å². The minimum Gasteiger partial charge on any atom is -0.347 e. The lowest BCUT2D eigenvalue weighted by molar-refractivity contribution is -0.119. The molecule has 1 aliphatic carbocycles. The molecule has 0 bridgehead atoms. The van der Waals surface area contributed by atoms with Gasteiger partial charge in [0.2, 0.25) is 11.8 Å². The van der Waals surface area contributed by atoms with Crippen molar-refractivity contribution in [2.24, 2.45) is 5.92 Å². The van der Waals surface area contributed by atoms with Crippen LogP contribution in [-0.4, -0.2) is 21.8 Å². The van der Waals surface area contributed by atoms with E-state index in [1.165, 1.54) is 42.3 Å². The number of thioether (sulfide) groups is 1. The fourth-order valence-corrected chi connectivity index (χ4v) is 4.57. The molecule has 1 atom stereocenters. The second-order valence-electron chi connectivity index (χ2n) is 5.83. The second kappa shape index (κ2) is 7.97. The third kappa shape index (κ3) is 4.57.